The van der Waals surface area contributed by atoms with Crippen LogP contribution in [0.15, 0.2) is 39.9 Å². The number of methoxy groups -OCH3 is 3. The van der Waals surface area contributed by atoms with E-state index in [1.807, 2.05) is 0 Å². The molecule has 0 aliphatic carbocycles. The van der Waals surface area contributed by atoms with Crippen molar-refractivity contribution in [2.24, 2.45) is 5.10 Å². The van der Waals surface area contributed by atoms with E-state index in [2.05, 4.69) is 53.8 Å². The molecule has 10 heteroatoms. The SMILES string of the molecule is COC(=O)COc1c(I)cc(/C=N\NC(=O)c2cc(Br)ccc2OC)cc1OC. The van der Waals surface area contributed by atoms with E-state index in [4.69, 9.17) is 14.2 Å². The van der Waals surface area contributed by atoms with E-state index >= 15 is 0 Å². The number of rotatable bonds is 8. The van der Waals surface area contributed by atoms with Crippen molar-refractivity contribution in [2.45, 2.75) is 0 Å². The van der Waals surface area contributed by atoms with Crippen molar-refractivity contribution in [3.8, 4) is 17.2 Å². The van der Waals surface area contributed by atoms with Crippen LogP contribution in [0.1, 0.15) is 15.9 Å². The first-order valence-corrected chi connectivity index (χ1v) is 10.0. The van der Waals surface area contributed by atoms with Gasteiger partial charge in [-0.25, -0.2) is 10.2 Å². The highest BCUT2D eigenvalue weighted by atomic mass is 127. The lowest BCUT2D eigenvalue weighted by Crippen LogP contribution is -2.18. The summed E-state index contributed by atoms with van der Waals surface area (Å²) >= 11 is 5.38. The van der Waals surface area contributed by atoms with E-state index in [9.17, 15) is 9.59 Å². The van der Waals surface area contributed by atoms with Crippen LogP contribution in [0, 0.1) is 3.57 Å². The number of hydrogen-bond acceptors (Lipinski definition) is 7. The fourth-order valence-corrected chi connectivity index (χ4v) is 3.37. The molecule has 0 saturated heterocycles. The Bertz CT molecular complexity index is 935. The van der Waals surface area contributed by atoms with E-state index in [0.717, 1.165) is 4.47 Å². The number of benzene rings is 2. The van der Waals surface area contributed by atoms with Crippen molar-refractivity contribution in [3.05, 3.63) is 49.5 Å². The van der Waals surface area contributed by atoms with Gasteiger partial charge in [0, 0.05) is 4.47 Å². The molecular weight excluding hydrogens is 559 g/mol. The van der Waals surface area contributed by atoms with Gasteiger partial charge in [0.1, 0.15) is 5.75 Å². The number of halogens is 2. The van der Waals surface area contributed by atoms with E-state index in [-0.39, 0.29) is 6.61 Å². The maximum absolute atomic E-state index is 12.4. The van der Waals surface area contributed by atoms with Gasteiger partial charge in [-0.3, -0.25) is 4.79 Å². The minimum Gasteiger partial charge on any atom is -0.496 e. The number of hydrogen-bond donors (Lipinski definition) is 1. The summed E-state index contributed by atoms with van der Waals surface area (Å²) in [4.78, 5) is 23.7. The minimum atomic E-state index is -0.501. The Morgan fingerprint density at radius 2 is 1.86 bits per heavy atom. The first-order chi connectivity index (χ1) is 13.9. The van der Waals surface area contributed by atoms with E-state index in [0.29, 0.717) is 31.9 Å². The van der Waals surface area contributed by atoms with Gasteiger partial charge < -0.3 is 18.9 Å². The lowest BCUT2D eigenvalue weighted by Gasteiger charge is -2.12. The fourth-order valence-electron chi connectivity index (χ4n) is 2.23. The van der Waals surface area contributed by atoms with Gasteiger partial charge >= 0.3 is 5.97 Å². The molecule has 0 spiro atoms. The van der Waals surface area contributed by atoms with Gasteiger partial charge in [0.25, 0.3) is 5.91 Å². The van der Waals surface area contributed by atoms with Crippen LogP contribution >= 0.6 is 38.5 Å². The van der Waals surface area contributed by atoms with Gasteiger partial charge in [0.05, 0.1) is 36.7 Å². The number of esters is 1. The number of carbonyl (C=O) groups is 2. The van der Waals surface area contributed by atoms with Crippen LogP contribution in [-0.4, -0.2) is 46.0 Å². The summed E-state index contributed by atoms with van der Waals surface area (Å²) in [5, 5.41) is 3.99. The maximum atomic E-state index is 12.4. The largest absolute Gasteiger partial charge is 0.496 e. The third-order valence-electron chi connectivity index (χ3n) is 3.60. The normalized spacial score (nSPS) is 10.5. The van der Waals surface area contributed by atoms with Gasteiger partial charge in [-0.1, -0.05) is 15.9 Å². The van der Waals surface area contributed by atoms with Gasteiger partial charge in [0.15, 0.2) is 18.1 Å². The molecule has 0 atom stereocenters. The molecule has 0 heterocycles. The van der Waals surface area contributed by atoms with Gasteiger partial charge in [-0.15, -0.1) is 0 Å². The molecule has 0 unspecified atom stereocenters. The summed E-state index contributed by atoms with van der Waals surface area (Å²) in [6, 6.07) is 8.54. The molecule has 0 saturated carbocycles. The van der Waals surface area contributed by atoms with E-state index < -0.39 is 11.9 Å². The van der Waals surface area contributed by atoms with Gasteiger partial charge in [-0.05, 0) is 58.5 Å². The van der Waals surface area contributed by atoms with Crippen LogP contribution in [0.4, 0.5) is 0 Å². The number of hydrazone groups is 1. The van der Waals surface area contributed by atoms with Crippen LogP contribution in [0.25, 0.3) is 0 Å². The molecule has 154 valence electrons. The molecule has 8 nitrogen and oxygen atoms in total. The smallest absolute Gasteiger partial charge is 0.343 e. The summed E-state index contributed by atoms with van der Waals surface area (Å²) in [5.41, 5.74) is 3.47. The zero-order valence-corrected chi connectivity index (χ0v) is 19.6. The third kappa shape index (κ3) is 6.32. The molecule has 2 aromatic rings. The van der Waals surface area contributed by atoms with Crippen LogP contribution in [0.3, 0.4) is 0 Å². The molecule has 1 amide bonds. The average molecular weight is 577 g/mol. The number of carbonyl (C=O) groups excluding carboxylic acids is 2. The molecule has 0 aliphatic heterocycles. The van der Waals surface area contributed by atoms with Crippen molar-refractivity contribution in [2.75, 3.05) is 27.9 Å². The molecule has 2 aromatic carbocycles. The van der Waals surface area contributed by atoms with Crippen LogP contribution in [0.2, 0.25) is 0 Å². The number of nitrogens with one attached hydrogen (secondary N) is 1. The van der Waals surface area contributed by atoms with Crippen LogP contribution < -0.4 is 19.6 Å². The zero-order valence-electron chi connectivity index (χ0n) is 15.8. The van der Waals surface area contributed by atoms with Crippen molar-refractivity contribution in [3.63, 3.8) is 0 Å². The zero-order chi connectivity index (χ0) is 21.4. The topological polar surface area (TPSA) is 95.5 Å². The van der Waals surface area contributed by atoms with Crippen molar-refractivity contribution in [1.29, 1.82) is 0 Å². The third-order valence-corrected chi connectivity index (χ3v) is 4.89. The molecule has 2 rings (SSSR count). The van der Waals surface area contributed by atoms with Crippen LogP contribution in [-0.2, 0) is 9.53 Å². The monoisotopic (exact) mass is 576 g/mol. The first kappa shape index (κ1) is 22.9. The van der Waals surface area contributed by atoms with E-state index in [1.54, 1.807) is 30.3 Å². The maximum Gasteiger partial charge on any atom is 0.343 e. The second kappa shape index (κ2) is 11.0. The molecule has 0 aliphatic rings. The lowest BCUT2D eigenvalue weighted by atomic mass is 10.2. The van der Waals surface area contributed by atoms with Gasteiger partial charge in [-0.2, -0.15) is 5.10 Å². The Hall–Kier alpha value is -2.34. The lowest BCUT2D eigenvalue weighted by molar-refractivity contribution is -0.142. The quantitative estimate of drug-likeness (QED) is 0.224. The Kier molecular flexibility index (Phi) is 8.70. The molecule has 0 aromatic heterocycles. The Balaban J connectivity index is 2.14. The van der Waals surface area contributed by atoms with E-state index in [1.165, 1.54) is 27.5 Å². The Morgan fingerprint density at radius 1 is 1.14 bits per heavy atom. The second-order valence-corrected chi connectivity index (χ2v) is 7.52. The molecule has 29 heavy (non-hydrogen) atoms. The molecule has 0 bridgehead atoms. The highest BCUT2D eigenvalue weighted by molar-refractivity contribution is 14.1. The second-order valence-electron chi connectivity index (χ2n) is 5.44. The standard InChI is InChI=1S/C19H18BrIN2O6/c1-26-15-5-4-12(20)8-13(15)19(25)23-22-9-11-6-14(21)18(16(7-11)27-2)29-10-17(24)28-3/h4-9H,10H2,1-3H3,(H,23,25)/b22-9-. The highest BCUT2D eigenvalue weighted by Gasteiger charge is 2.14. The summed E-state index contributed by atoms with van der Waals surface area (Å²) in [7, 11) is 4.26. The average Bonchev–Trinajstić information content (AvgIpc) is 2.72. The highest BCUT2D eigenvalue weighted by Crippen LogP contribution is 2.33. The predicted octanol–water partition coefficient (Wildman–Crippen LogP) is 3.39. The van der Waals surface area contributed by atoms with Crippen molar-refractivity contribution >= 4 is 56.6 Å². The molecule has 0 fully saturated rings. The number of ether oxygens (including phenoxy) is 4. The summed E-state index contributed by atoms with van der Waals surface area (Å²) < 4.78 is 22.0. The fraction of sp³-hybridized carbons (Fsp3) is 0.211. The summed E-state index contributed by atoms with van der Waals surface area (Å²) in [6.07, 6.45) is 1.47. The number of nitrogens with zero attached hydrogens (tertiary/aromatic N) is 1. The van der Waals surface area contributed by atoms with Crippen molar-refractivity contribution in [1.82, 2.24) is 5.43 Å². The minimum absolute atomic E-state index is 0.235. The Labute approximate surface area is 189 Å². The van der Waals surface area contributed by atoms with Gasteiger partial charge in [0.2, 0.25) is 0 Å². The molecule has 1 N–H and O–H groups in total. The molecular formula is C19H18BrIN2O6. The van der Waals surface area contributed by atoms with Crippen molar-refractivity contribution < 1.29 is 28.5 Å². The summed E-state index contributed by atoms with van der Waals surface area (Å²) in [5.74, 6) is 0.350. The van der Waals surface area contributed by atoms with Crippen LogP contribution in [0.5, 0.6) is 17.2 Å². The summed E-state index contributed by atoms with van der Waals surface area (Å²) in [6.45, 7) is -0.235. The predicted molar refractivity (Wildman–Crippen MR) is 119 cm³/mol. The Morgan fingerprint density at radius 3 is 2.52 bits per heavy atom. The number of amides is 1. The molecule has 0 radical (unpaired) electrons. The first-order valence-electron chi connectivity index (χ1n) is 8.13.